The van der Waals surface area contributed by atoms with Crippen LogP contribution in [0.1, 0.15) is 35.4 Å². The summed E-state index contributed by atoms with van der Waals surface area (Å²) >= 11 is 0. The van der Waals surface area contributed by atoms with Gasteiger partial charge in [0.15, 0.2) is 0 Å². The summed E-state index contributed by atoms with van der Waals surface area (Å²) in [5.74, 6) is 1.96. The van der Waals surface area contributed by atoms with E-state index in [0.717, 1.165) is 30.4 Å². The summed E-state index contributed by atoms with van der Waals surface area (Å²) in [7, 11) is 0. The smallest absolute Gasteiger partial charge is 0.339 e. The van der Waals surface area contributed by atoms with Crippen LogP contribution in [0.25, 0.3) is 11.0 Å². The minimum Gasteiger partial charge on any atom is -0.490 e. The van der Waals surface area contributed by atoms with Crippen LogP contribution in [0.4, 0.5) is 0 Å². The predicted octanol–water partition coefficient (Wildman–Crippen LogP) is 3.62. The number of aryl methyl sites for hydroxylation is 1. The topological polar surface area (TPSA) is 59.7 Å². The summed E-state index contributed by atoms with van der Waals surface area (Å²) in [6, 6.07) is 5.44. The lowest BCUT2D eigenvalue weighted by atomic mass is 10.1. The van der Waals surface area contributed by atoms with Gasteiger partial charge in [-0.1, -0.05) is 0 Å². The zero-order chi connectivity index (χ0) is 13.9. The van der Waals surface area contributed by atoms with Gasteiger partial charge in [0.25, 0.3) is 0 Å². The van der Waals surface area contributed by atoms with Crippen molar-refractivity contribution in [2.75, 3.05) is 0 Å². The van der Waals surface area contributed by atoms with Crippen LogP contribution in [0.15, 0.2) is 22.6 Å². The van der Waals surface area contributed by atoms with Gasteiger partial charge in [-0.2, -0.15) is 0 Å². The molecule has 0 amide bonds. The molecule has 2 aliphatic carbocycles. The highest BCUT2D eigenvalue weighted by molar-refractivity contribution is 6.03. The summed E-state index contributed by atoms with van der Waals surface area (Å²) in [5, 5.41) is 9.89. The molecule has 2 unspecified atom stereocenters. The second-order valence-electron chi connectivity index (χ2n) is 5.96. The number of carboxylic acids is 1. The van der Waals surface area contributed by atoms with E-state index in [1.165, 1.54) is 6.42 Å². The molecule has 104 valence electrons. The van der Waals surface area contributed by atoms with Gasteiger partial charge < -0.3 is 14.3 Å². The number of rotatable bonds is 3. The average Bonchev–Trinajstić information content (AvgIpc) is 2.86. The molecule has 20 heavy (non-hydrogen) atoms. The van der Waals surface area contributed by atoms with Crippen LogP contribution in [0, 0.1) is 18.8 Å². The molecule has 1 aromatic heterocycles. The van der Waals surface area contributed by atoms with Gasteiger partial charge in [0, 0.05) is 5.39 Å². The summed E-state index contributed by atoms with van der Waals surface area (Å²) in [4.78, 5) is 11.3. The maximum absolute atomic E-state index is 11.3. The Labute approximate surface area is 116 Å². The first-order valence-electron chi connectivity index (χ1n) is 7.05. The Kier molecular flexibility index (Phi) is 2.37. The van der Waals surface area contributed by atoms with Crippen molar-refractivity contribution in [2.24, 2.45) is 11.8 Å². The van der Waals surface area contributed by atoms with E-state index in [-0.39, 0.29) is 11.7 Å². The number of hydrogen-bond acceptors (Lipinski definition) is 3. The van der Waals surface area contributed by atoms with E-state index in [1.807, 2.05) is 6.07 Å². The number of hydrogen-bond donors (Lipinski definition) is 1. The van der Waals surface area contributed by atoms with Gasteiger partial charge in [-0.25, -0.2) is 4.79 Å². The molecule has 1 N–H and O–H groups in total. The van der Waals surface area contributed by atoms with Crippen molar-refractivity contribution in [3.05, 3.63) is 29.5 Å². The molecule has 0 saturated heterocycles. The first-order valence-corrected chi connectivity index (χ1v) is 7.05. The first-order chi connectivity index (χ1) is 9.61. The Morgan fingerprint density at radius 3 is 2.75 bits per heavy atom. The predicted molar refractivity (Wildman–Crippen MR) is 73.2 cm³/mol. The van der Waals surface area contributed by atoms with Crippen molar-refractivity contribution in [1.29, 1.82) is 0 Å². The van der Waals surface area contributed by atoms with Gasteiger partial charge in [-0.15, -0.1) is 0 Å². The van der Waals surface area contributed by atoms with Gasteiger partial charge in [0.05, 0.1) is 6.10 Å². The van der Waals surface area contributed by atoms with Crippen molar-refractivity contribution < 1.29 is 19.1 Å². The highest BCUT2D eigenvalue weighted by atomic mass is 16.5. The first kappa shape index (κ1) is 11.8. The lowest BCUT2D eigenvalue weighted by molar-refractivity contribution is 0.0697. The zero-order valence-electron chi connectivity index (χ0n) is 11.3. The number of benzene rings is 1. The number of carboxylic acid groups (broad SMARTS) is 1. The molecule has 2 atom stereocenters. The van der Waals surface area contributed by atoms with Crippen LogP contribution in [-0.2, 0) is 0 Å². The molecule has 0 aliphatic heterocycles. The molecular weight excluding hydrogens is 256 g/mol. The van der Waals surface area contributed by atoms with E-state index in [2.05, 4.69) is 0 Å². The van der Waals surface area contributed by atoms with Crippen molar-refractivity contribution in [3.8, 4) is 5.75 Å². The van der Waals surface area contributed by atoms with E-state index in [9.17, 15) is 9.90 Å². The van der Waals surface area contributed by atoms with E-state index in [4.69, 9.17) is 9.15 Å². The Hall–Kier alpha value is -1.97. The molecule has 1 heterocycles. The molecule has 4 heteroatoms. The quantitative estimate of drug-likeness (QED) is 0.927. The molecule has 4 nitrogen and oxygen atoms in total. The van der Waals surface area contributed by atoms with Crippen LogP contribution in [0.2, 0.25) is 0 Å². The molecule has 2 fully saturated rings. The monoisotopic (exact) mass is 272 g/mol. The fraction of sp³-hybridized carbons (Fsp3) is 0.438. The van der Waals surface area contributed by atoms with Crippen molar-refractivity contribution in [3.63, 3.8) is 0 Å². The van der Waals surface area contributed by atoms with E-state index >= 15 is 0 Å². The molecule has 2 saturated carbocycles. The van der Waals surface area contributed by atoms with Crippen LogP contribution >= 0.6 is 0 Å². The summed E-state index contributed by atoms with van der Waals surface area (Å²) in [5.41, 5.74) is 0.834. The molecule has 1 aromatic carbocycles. The lowest BCUT2D eigenvalue weighted by Gasteiger charge is -2.14. The third-order valence-corrected chi connectivity index (χ3v) is 4.55. The largest absolute Gasteiger partial charge is 0.490 e. The summed E-state index contributed by atoms with van der Waals surface area (Å²) < 4.78 is 11.5. The Bertz CT molecular complexity index is 690. The average molecular weight is 272 g/mol. The van der Waals surface area contributed by atoms with Gasteiger partial charge >= 0.3 is 5.97 Å². The van der Waals surface area contributed by atoms with E-state index in [1.54, 1.807) is 19.1 Å². The van der Waals surface area contributed by atoms with Crippen LogP contribution in [0.5, 0.6) is 5.75 Å². The fourth-order valence-electron chi connectivity index (χ4n) is 3.49. The molecule has 0 radical (unpaired) electrons. The van der Waals surface area contributed by atoms with Gasteiger partial charge in [-0.05, 0) is 56.2 Å². The highest BCUT2D eigenvalue weighted by Crippen LogP contribution is 2.52. The minimum absolute atomic E-state index is 0.236. The molecule has 0 bridgehead atoms. The summed E-state index contributed by atoms with van der Waals surface area (Å²) in [6.45, 7) is 1.68. The number of aromatic carboxylic acids is 1. The van der Waals surface area contributed by atoms with Gasteiger partial charge in [0.2, 0.25) is 0 Å². The summed E-state index contributed by atoms with van der Waals surface area (Å²) in [6.07, 6.45) is 3.93. The Morgan fingerprint density at radius 2 is 2.05 bits per heavy atom. The number of ether oxygens (including phenoxy) is 1. The van der Waals surface area contributed by atoms with Crippen LogP contribution < -0.4 is 4.74 Å². The van der Waals surface area contributed by atoms with Crippen molar-refractivity contribution >= 4 is 16.9 Å². The van der Waals surface area contributed by atoms with E-state index in [0.29, 0.717) is 16.7 Å². The third-order valence-electron chi connectivity index (χ3n) is 4.55. The Morgan fingerprint density at radius 1 is 1.30 bits per heavy atom. The molecule has 2 aromatic rings. The maximum atomic E-state index is 11.3. The standard InChI is InChI=1S/C16H16O4/c1-8-15(16(17)18)13-7-11(2-3-14(13)19-8)20-12-5-9-4-10(9)6-12/h2-3,7,9-10,12H,4-6H2,1H3,(H,17,18). The highest BCUT2D eigenvalue weighted by Gasteiger charge is 2.46. The zero-order valence-corrected chi connectivity index (χ0v) is 11.3. The van der Waals surface area contributed by atoms with Gasteiger partial charge in [-0.3, -0.25) is 0 Å². The van der Waals surface area contributed by atoms with E-state index < -0.39 is 5.97 Å². The third kappa shape index (κ3) is 1.79. The molecular formula is C16H16O4. The Balaban J connectivity index is 1.66. The van der Waals surface area contributed by atoms with Crippen LogP contribution in [0.3, 0.4) is 0 Å². The van der Waals surface area contributed by atoms with Crippen LogP contribution in [-0.4, -0.2) is 17.2 Å². The minimum atomic E-state index is -0.958. The molecule has 2 aliphatic rings. The lowest BCUT2D eigenvalue weighted by Crippen LogP contribution is -2.13. The maximum Gasteiger partial charge on any atom is 0.339 e. The molecule has 0 spiro atoms. The molecule has 4 rings (SSSR count). The van der Waals surface area contributed by atoms with Crippen molar-refractivity contribution in [2.45, 2.75) is 32.3 Å². The SMILES string of the molecule is Cc1oc2ccc(OC3CC4CC4C3)cc2c1C(=O)O. The number of furan rings is 1. The second kappa shape index (κ2) is 4.01. The van der Waals surface area contributed by atoms with Gasteiger partial charge in [0.1, 0.15) is 22.7 Å². The number of fused-ring (bicyclic) bond motifs is 2. The fourth-order valence-corrected chi connectivity index (χ4v) is 3.49. The number of carbonyl (C=O) groups is 1. The second-order valence-corrected chi connectivity index (χ2v) is 5.96. The normalized spacial score (nSPS) is 27.6. The van der Waals surface area contributed by atoms with Crippen molar-refractivity contribution in [1.82, 2.24) is 0 Å².